The molecular formula is C18H20OS. The summed E-state index contributed by atoms with van der Waals surface area (Å²) in [7, 11) is 0. The number of fused-ring (bicyclic) bond motifs is 1. The summed E-state index contributed by atoms with van der Waals surface area (Å²) in [6.07, 6.45) is 2.02. The van der Waals surface area contributed by atoms with Crippen LogP contribution in [0.5, 0.6) is 0 Å². The van der Waals surface area contributed by atoms with Gasteiger partial charge >= 0.3 is 0 Å². The number of hydrogen-bond acceptors (Lipinski definition) is 2. The average Bonchev–Trinajstić information content (AvgIpc) is 2.95. The lowest BCUT2D eigenvalue weighted by molar-refractivity contribution is 0.0946. The van der Waals surface area contributed by atoms with Crippen molar-refractivity contribution < 1.29 is 4.79 Å². The summed E-state index contributed by atoms with van der Waals surface area (Å²) in [4.78, 5) is 14.9. The fourth-order valence-electron chi connectivity index (χ4n) is 2.97. The first-order valence-electron chi connectivity index (χ1n) is 7.31. The van der Waals surface area contributed by atoms with Gasteiger partial charge in [-0.05, 0) is 42.0 Å². The Kier molecular flexibility index (Phi) is 3.51. The number of carbonyl (C=O) groups is 1. The minimum Gasteiger partial charge on any atom is -0.294 e. The van der Waals surface area contributed by atoms with Crippen LogP contribution in [-0.4, -0.2) is 5.78 Å². The number of carbonyl (C=O) groups excluding carboxylic acids is 1. The highest BCUT2D eigenvalue weighted by Crippen LogP contribution is 2.38. The molecule has 0 N–H and O–H groups in total. The molecule has 0 spiro atoms. The molecule has 1 unspecified atom stereocenters. The molecule has 0 bridgehead atoms. The third-order valence-electron chi connectivity index (χ3n) is 3.94. The predicted molar refractivity (Wildman–Crippen MR) is 85.5 cm³/mol. The smallest absolute Gasteiger partial charge is 0.166 e. The van der Waals surface area contributed by atoms with Crippen LogP contribution in [0.4, 0.5) is 0 Å². The van der Waals surface area contributed by atoms with Crippen molar-refractivity contribution in [3.05, 3.63) is 46.3 Å². The standard InChI is InChI=1S/C18H20OS/c1-11(2)9-13-7-8-17(20-13)14-5-4-6-15-16(14)10-12(3)18(15)19/h4-8,11-12H,9-10H2,1-3H3. The summed E-state index contributed by atoms with van der Waals surface area (Å²) >= 11 is 1.87. The van der Waals surface area contributed by atoms with E-state index in [0.29, 0.717) is 11.7 Å². The van der Waals surface area contributed by atoms with E-state index in [2.05, 4.69) is 32.0 Å². The SMILES string of the molecule is CC(C)Cc1ccc(-c2cccc3c2CC(C)C3=O)s1. The van der Waals surface area contributed by atoms with Crippen LogP contribution in [0.25, 0.3) is 10.4 Å². The van der Waals surface area contributed by atoms with Crippen molar-refractivity contribution in [2.45, 2.75) is 33.6 Å². The number of Topliss-reactive ketones (excluding diaryl/α,β-unsaturated/α-hetero) is 1. The molecule has 1 heterocycles. The minimum absolute atomic E-state index is 0.140. The quantitative estimate of drug-likeness (QED) is 0.776. The monoisotopic (exact) mass is 284 g/mol. The largest absolute Gasteiger partial charge is 0.294 e. The Morgan fingerprint density at radius 2 is 1.95 bits per heavy atom. The van der Waals surface area contributed by atoms with Crippen LogP contribution in [-0.2, 0) is 12.8 Å². The Labute approximate surface area is 124 Å². The van der Waals surface area contributed by atoms with Crippen molar-refractivity contribution in [2.24, 2.45) is 11.8 Å². The van der Waals surface area contributed by atoms with Crippen molar-refractivity contribution in [1.82, 2.24) is 0 Å². The number of ketones is 1. The zero-order valence-corrected chi connectivity index (χ0v) is 13.1. The maximum Gasteiger partial charge on any atom is 0.166 e. The van der Waals surface area contributed by atoms with Gasteiger partial charge in [-0.1, -0.05) is 39.0 Å². The second-order valence-electron chi connectivity index (χ2n) is 6.17. The molecule has 1 aliphatic rings. The molecule has 20 heavy (non-hydrogen) atoms. The molecule has 0 saturated heterocycles. The second-order valence-corrected chi connectivity index (χ2v) is 7.33. The van der Waals surface area contributed by atoms with Crippen LogP contribution in [0, 0.1) is 11.8 Å². The minimum atomic E-state index is 0.140. The lowest BCUT2D eigenvalue weighted by atomic mass is 10.0. The molecule has 2 heteroatoms. The highest BCUT2D eigenvalue weighted by atomic mass is 32.1. The summed E-state index contributed by atoms with van der Waals surface area (Å²) in [6, 6.07) is 10.6. The first kappa shape index (κ1) is 13.6. The first-order chi connectivity index (χ1) is 9.56. The summed E-state index contributed by atoms with van der Waals surface area (Å²) < 4.78 is 0. The fraction of sp³-hybridized carbons (Fsp3) is 0.389. The molecule has 0 amide bonds. The zero-order chi connectivity index (χ0) is 14.3. The Morgan fingerprint density at radius 3 is 2.70 bits per heavy atom. The van der Waals surface area contributed by atoms with E-state index in [1.165, 1.54) is 20.9 Å². The highest BCUT2D eigenvalue weighted by molar-refractivity contribution is 7.15. The van der Waals surface area contributed by atoms with E-state index >= 15 is 0 Å². The Hall–Kier alpha value is -1.41. The molecule has 1 aromatic carbocycles. The zero-order valence-electron chi connectivity index (χ0n) is 12.3. The maximum absolute atomic E-state index is 12.1. The molecule has 0 saturated carbocycles. The molecular weight excluding hydrogens is 264 g/mol. The van der Waals surface area contributed by atoms with Gasteiger partial charge in [-0.3, -0.25) is 4.79 Å². The molecule has 1 aliphatic carbocycles. The van der Waals surface area contributed by atoms with E-state index in [1.54, 1.807) is 0 Å². The normalized spacial score (nSPS) is 17.8. The van der Waals surface area contributed by atoms with Crippen LogP contribution >= 0.6 is 11.3 Å². The highest BCUT2D eigenvalue weighted by Gasteiger charge is 2.29. The summed E-state index contributed by atoms with van der Waals surface area (Å²) in [5, 5.41) is 0. The summed E-state index contributed by atoms with van der Waals surface area (Å²) in [6.45, 7) is 6.53. The van der Waals surface area contributed by atoms with Crippen molar-refractivity contribution >= 4 is 17.1 Å². The number of rotatable bonds is 3. The lowest BCUT2D eigenvalue weighted by Crippen LogP contribution is -2.02. The van der Waals surface area contributed by atoms with Crippen molar-refractivity contribution in [3.63, 3.8) is 0 Å². The Balaban J connectivity index is 2.00. The Bertz CT molecular complexity index is 651. The summed E-state index contributed by atoms with van der Waals surface area (Å²) in [5.74, 6) is 1.13. The van der Waals surface area contributed by atoms with E-state index in [4.69, 9.17) is 0 Å². The Morgan fingerprint density at radius 1 is 1.20 bits per heavy atom. The van der Waals surface area contributed by atoms with Crippen molar-refractivity contribution in [3.8, 4) is 10.4 Å². The maximum atomic E-state index is 12.1. The number of hydrogen-bond donors (Lipinski definition) is 0. The van der Waals surface area contributed by atoms with Gasteiger partial charge in [0, 0.05) is 21.2 Å². The van der Waals surface area contributed by atoms with Gasteiger partial charge in [0.25, 0.3) is 0 Å². The van der Waals surface area contributed by atoms with Gasteiger partial charge < -0.3 is 0 Å². The van der Waals surface area contributed by atoms with Crippen LogP contribution in [0.2, 0.25) is 0 Å². The lowest BCUT2D eigenvalue weighted by Gasteiger charge is -2.05. The molecule has 0 radical (unpaired) electrons. The molecule has 1 atom stereocenters. The van der Waals surface area contributed by atoms with Crippen LogP contribution in [0.1, 0.15) is 41.6 Å². The predicted octanol–water partition coefficient (Wildman–Crippen LogP) is 4.99. The molecule has 2 aromatic rings. The van der Waals surface area contributed by atoms with E-state index in [0.717, 1.165) is 18.4 Å². The summed E-state index contributed by atoms with van der Waals surface area (Å²) in [5.41, 5.74) is 3.46. The molecule has 3 rings (SSSR count). The number of benzene rings is 1. The van der Waals surface area contributed by atoms with Gasteiger partial charge in [-0.2, -0.15) is 0 Å². The van der Waals surface area contributed by atoms with E-state index in [1.807, 2.05) is 30.4 Å². The van der Waals surface area contributed by atoms with Gasteiger partial charge in [0.1, 0.15) is 0 Å². The van der Waals surface area contributed by atoms with E-state index < -0.39 is 0 Å². The average molecular weight is 284 g/mol. The third-order valence-corrected chi connectivity index (χ3v) is 5.08. The third kappa shape index (κ3) is 2.33. The van der Waals surface area contributed by atoms with E-state index in [-0.39, 0.29) is 5.92 Å². The fourth-order valence-corrected chi connectivity index (χ4v) is 4.24. The molecule has 104 valence electrons. The van der Waals surface area contributed by atoms with Gasteiger partial charge in [-0.15, -0.1) is 11.3 Å². The van der Waals surface area contributed by atoms with E-state index in [9.17, 15) is 4.79 Å². The molecule has 0 aliphatic heterocycles. The van der Waals surface area contributed by atoms with Crippen LogP contribution in [0.3, 0.4) is 0 Å². The first-order valence-corrected chi connectivity index (χ1v) is 8.13. The van der Waals surface area contributed by atoms with Gasteiger partial charge in [0.2, 0.25) is 0 Å². The van der Waals surface area contributed by atoms with Crippen LogP contribution < -0.4 is 0 Å². The second kappa shape index (κ2) is 5.17. The van der Waals surface area contributed by atoms with Crippen molar-refractivity contribution in [2.75, 3.05) is 0 Å². The van der Waals surface area contributed by atoms with Gasteiger partial charge in [0.15, 0.2) is 5.78 Å². The topological polar surface area (TPSA) is 17.1 Å². The van der Waals surface area contributed by atoms with Crippen molar-refractivity contribution in [1.29, 1.82) is 0 Å². The van der Waals surface area contributed by atoms with Crippen LogP contribution in [0.15, 0.2) is 30.3 Å². The molecule has 0 fully saturated rings. The van der Waals surface area contributed by atoms with Gasteiger partial charge in [0.05, 0.1) is 0 Å². The van der Waals surface area contributed by atoms with Gasteiger partial charge in [-0.25, -0.2) is 0 Å². The number of thiophene rings is 1. The molecule has 1 aromatic heterocycles. The molecule has 1 nitrogen and oxygen atoms in total.